The van der Waals surface area contributed by atoms with E-state index in [2.05, 4.69) is 10.0 Å². The minimum Gasteiger partial charge on any atom is -0.476 e. The monoisotopic (exact) mass is 284 g/mol. The van der Waals surface area contributed by atoms with Gasteiger partial charge in [0.25, 0.3) is 5.91 Å². The Kier molecular flexibility index (Phi) is 3.27. The third-order valence-electron chi connectivity index (χ3n) is 2.76. The number of benzene rings is 1. The largest absolute Gasteiger partial charge is 0.476 e. The number of ether oxygens (including phenoxy) is 1. The number of hydrogen-bond donors (Lipinski definition) is 2. The Labute approximate surface area is 112 Å². The number of carbonyl (C=O) groups is 1. The molecule has 0 fully saturated rings. The number of sulfonamides is 1. The standard InChI is InChI=1S/C12H16N2O4S/c1-4-13-19(16,17)8-5-6-9-10(7-8)18-12(2,3)11(15)14-9/h5-7,13H,4H2,1-3H3,(H,14,15). The van der Waals surface area contributed by atoms with Crippen molar-refractivity contribution in [3.8, 4) is 5.75 Å². The molecule has 1 aromatic rings. The number of amides is 1. The van der Waals surface area contributed by atoms with Gasteiger partial charge in [-0.2, -0.15) is 0 Å². The van der Waals surface area contributed by atoms with Gasteiger partial charge in [0.15, 0.2) is 5.60 Å². The Morgan fingerprint density at radius 1 is 1.37 bits per heavy atom. The Morgan fingerprint density at radius 3 is 2.68 bits per heavy atom. The zero-order chi connectivity index (χ0) is 14.3. The molecule has 0 aliphatic carbocycles. The minimum atomic E-state index is -3.54. The first kappa shape index (κ1) is 13.8. The summed E-state index contributed by atoms with van der Waals surface area (Å²) >= 11 is 0. The van der Waals surface area contributed by atoms with E-state index < -0.39 is 15.6 Å². The topological polar surface area (TPSA) is 84.5 Å². The molecule has 0 saturated carbocycles. The lowest BCUT2D eigenvalue weighted by molar-refractivity contribution is -0.129. The Balaban J connectivity index is 2.43. The molecule has 2 rings (SSSR count). The molecule has 0 atom stereocenters. The van der Waals surface area contributed by atoms with E-state index in [9.17, 15) is 13.2 Å². The van der Waals surface area contributed by atoms with Crippen molar-refractivity contribution in [2.24, 2.45) is 0 Å². The predicted octanol–water partition coefficient (Wildman–Crippen LogP) is 1.09. The van der Waals surface area contributed by atoms with Crippen LogP contribution in [0.3, 0.4) is 0 Å². The van der Waals surface area contributed by atoms with Crippen LogP contribution < -0.4 is 14.8 Å². The van der Waals surface area contributed by atoms with Crippen LogP contribution in [0.25, 0.3) is 0 Å². The van der Waals surface area contributed by atoms with Crippen LogP contribution in [0.15, 0.2) is 23.1 Å². The first-order valence-electron chi connectivity index (χ1n) is 5.90. The van der Waals surface area contributed by atoms with Gasteiger partial charge in [0, 0.05) is 12.6 Å². The minimum absolute atomic E-state index is 0.111. The molecule has 0 bridgehead atoms. The second kappa shape index (κ2) is 4.50. The lowest BCUT2D eigenvalue weighted by Gasteiger charge is -2.31. The van der Waals surface area contributed by atoms with Gasteiger partial charge in [0.1, 0.15) is 5.75 Å². The van der Waals surface area contributed by atoms with Crippen LogP contribution in [0.5, 0.6) is 5.75 Å². The van der Waals surface area contributed by atoms with Crippen molar-refractivity contribution in [2.45, 2.75) is 31.3 Å². The van der Waals surface area contributed by atoms with Gasteiger partial charge in [-0.05, 0) is 26.0 Å². The molecular formula is C12H16N2O4S. The highest BCUT2D eigenvalue weighted by Crippen LogP contribution is 2.35. The summed E-state index contributed by atoms with van der Waals surface area (Å²) in [5.74, 6) is 0.0888. The van der Waals surface area contributed by atoms with Crippen molar-refractivity contribution < 1.29 is 17.9 Å². The van der Waals surface area contributed by atoms with E-state index in [4.69, 9.17) is 4.74 Å². The molecule has 104 valence electrons. The maximum atomic E-state index is 11.9. The molecular weight excluding hydrogens is 268 g/mol. The van der Waals surface area contributed by atoms with Gasteiger partial charge in [-0.1, -0.05) is 6.92 Å². The average Bonchev–Trinajstić information content (AvgIpc) is 2.29. The van der Waals surface area contributed by atoms with Gasteiger partial charge in [-0.25, -0.2) is 13.1 Å². The summed E-state index contributed by atoms with van der Waals surface area (Å²) < 4.78 is 31.7. The van der Waals surface area contributed by atoms with E-state index in [1.807, 2.05) is 0 Å². The van der Waals surface area contributed by atoms with Gasteiger partial charge in [0.05, 0.1) is 10.6 Å². The van der Waals surface area contributed by atoms with E-state index in [0.29, 0.717) is 18.0 Å². The molecule has 0 saturated heterocycles. The van der Waals surface area contributed by atoms with Crippen molar-refractivity contribution in [2.75, 3.05) is 11.9 Å². The summed E-state index contributed by atoms with van der Waals surface area (Å²) in [6, 6.07) is 4.36. The molecule has 1 heterocycles. The Hall–Kier alpha value is -1.60. The Bertz CT molecular complexity index is 623. The van der Waals surface area contributed by atoms with Crippen molar-refractivity contribution in [1.82, 2.24) is 4.72 Å². The first-order valence-corrected chi connectivity index (χ1v) is 7.39. The van der Waals surface area contributed by atoms with E-state index in [0.717, 1.165) is 0 Å². The number of anilines is 1. The maximum absolute atomic E-state index is 11.9. The van der Waals surface area contributed by atoms with Crippen LogP contribution in [0, 0.1) is 0 Å². The summed E-state index contributed by atoms with van der Waals surface area (Å²) in [4.78, 5) is 11.8. The van der Waals surface area contributed by atoms with Crippen LogP contribution >= 0.6 is 0 Å². The molecule has 2 N–H and O–H groups in total. The fraction of sp³-hybridized carbons (Fsp3) is 0.417. The molecule has 19 heavy (non-hydrogen) atoms. The number of nitrogens with one attached hydrogen (secondary N) is 2. The summed E-state index contributed by atoms with van der Waals surface area (Å²) in [5, 5.41) is 2.68. The molecule has 1 aliphatic rings. The van der Waals surface area contributed by atoms with Crippen LogP contribution in [-0.2, 0) is 14.8 Å². The molecule has 0 radical (unpaired) electrons. The average molecular weight is 284 g/mol. The molecule has 1 aromatic carbocycles. The Morgan fingerprint density at radius 2 is 2.05 bits per heavy atom. The van der Waals surface area contributed by atoms with Crippen LogP contribution in [-0.4, -0.2) is 26.5 Å². The lowest BCUT2D eigenvalue weighted by atomic mass is 10.1. The van der Waals surface area contributed by atoms with Gasteiger partial charge >= 0.3 is 0 Å². The third kappa shape index (κ3) is 2.57. The molecule has 0 aromatic heterocycles. The SMILES string of the molecule is CCNS(=O)(=O)c1ccc2c(c1)OC(C)(C)C(=O)N2. The van der Waals surface area contributed by atoms with Crippen molar-refractivity contribution in [3.63, 3.8) is 0 Å². The smallest absolute Gasteiger partial charge is 0.268 e. The fourth-order valence-electron chi connectivity index (χ4n) is 1.72. The lowest BCUT2D eigenvalue weighted by Crippen LogP contribution is -2.45. The van der Waals surface area contributed by atoms with Crippen LogP contribution in [0.1, 0.15) is 20.8 Å². The summed E-state index contributed by atoms with van der Waals surface area (Å²) in [5.41, 5.74) is -0.548. The number of hydrogen-bond acceptors (Lipinski definition) is 4. The van der Waals surface area contributed by atoms with Crippen LogP contribution in [0.2, 0.25) is 0 Å². The highest BCUT2D eigenvalue weighted by atomic mass is 32.2. The van der Waals surface area contributed by atoms with Crippen molar-refractivity contribution >= 4 is 21.6 Å². The predicted molar refractivity (Wildman–Crippen MR) is 70.6 cm³/mol. The van der Waals surface area contributed by atoms with E-state index in [1.165, 1.54) is 18.2 Å². The van der Waals surface area contributed by atoms with Gasteiger partial charge in [-0.15, -0.1) is 0 Å². The quantitative estimate of drug-likeness (QED) is 0.870. The second-order valence-electron chi connectivity index (χ2n) is 4.73. The van der Waals surface area contributed by atoms with E-state index in [-0.39, 0.29) is 10.8 Å². The zero-order valence-corrected chi connectivity index (χ0v) is 11.8. The van der Waals surface area contributed by atoms with E-state index in [1.54, 1.807) is 20.8 Å². The normalized spacial score (nSPS) is 17.3. The number of rotatable bonds is 3. The molecule has 0 spiro atoms. The third-order valence-corrected chi connectivity index (χ3v) is 4.30. The fourth-order valence-corrected chi connectivity index (χ4v) is 2.78. The molecule has 1 aliphatic heterocycles. The van der Waals surface area contributed by atoms with Gasteiger partial charge < -0.3 is 10.1 Å². The van der Waals surface area contributed by atoms with Crippen molar-refractivity contribution in [3.05, 3.63) is 18.2 Å². The second-order valence-corrected chi connectivity index (χ2v) is 6.49. The summed E-state index contributed by atoms with van der Waals surface area (Å²) in [6.45, 7) is 5.26. The zero-order valence-electron chi connectivity index (χ0n) is 11.0. The first-order chi connectivity index (χ1) is 8.76. The van der Waals surface area contributed by atoms with Gasteiger partial charge in [0.2, 0.25) is 10.0 Å². The molecule has 6 nitrogen and oxygen atoms in total. The number of carbonyl (C=O) groups excluding carboxylic acids is 1. The maximum Gasteiger partial charge on any atom is 0.268 e. The van der Waals surface area contributed by atoms with Crippen LogP contribution in [0.4, 0.5) is 5.69 Å². The van der Waals surface area contributed by atoms with E-state index >= 15 is 0 Å². The summed E-state index contributed by atoms with van der Waals surface area (Å²) in [7, 11) is -3.54. The highest BCUT2D eigenvalue weighted by Gasteiger charge is 2.35. The number of fused-ring (bicyclic) bond motifs is 1. The summed E-state index contributed by atoms with van der Waals surface area (Å²) in [6.07, 6.45) is 0. The molecule has 1 amide bonds. The highest BCUT2D eigenvalue weighted by molar-refractivity contribution is 7.89. The van der Waals surface area contributed by atoms with Gasteiger partial charge in [-0.3, -0.25) is 4.79 Å². The van der Waals surface area contributed by atoms with Crippen molar-refractivity contribution in [1.29, 1.82) is 0 Å². The molecule has 7 heteroatoms. The molecule has 0 unspecified atom stereocenters.